The predicted molar refractivity (Wildman–Crippen MR) is 124 cm³/mol. The first-order valence-corrected chi connectivity index (χ1v) is 10.9. The van der Waals surface area contributed by atoms with Crippen LogP contribution in [-0.2, 0) is 13.0 Å². The molecule has 1 aromatic carbocycles. The Bertz CT molecular complexity index is 1190. The van der Waals surface area contributed by atoms with Crippen LogP contribution in [0.4, 0.5) is 0 Å². The van der Waals surface area contributed by atoms with E-state index < -0.39 is 0 Å². The quantitative estimate of drug-likeness (QED) is 0.482. The van der Waals surface area contributed by atoms with Crippen molar-refractivity contribution in [1.29, 1.82) is 0 Å². The molecule has 3 aromatic heterocycles. The highest BCUT2D eigenvalue weighted by molar-refractivity contribution is 5.66. The van der Waals surface area contributed by atoms with E-state index in [1.807, 2.05) is 29.1 Å². The lowest BCUT2D eigenvalue weighted by Gasteiger charge is -2.31. The van der Waals surface area contributed by atoms with Crippen LogP contribution >= 0.6 is 0 Å². The summed E-state index contributed by atoms with van der Waals surface area (Å²) < 4.78 is 2.04. The lowest BCUT2D eigenvalue weighted by atomic mass is 9.99. The Labute approximate surface area is 182 Å². The van der Waals surface area contributed by atoms with Crippen molar-refractivity contribution in [1.82, 2.24) is 29.8 Å². The van der Waals surface area contributed by atoms with Crippen LogP contribution in [0.2, 0.25) is 0 Å². The number of H-pyrrole nitrogens is 1. The normalized spacial score (nSPS) is 15.0. The Kier molecular flexibility index (Phi) is 5.30. The molecule has 0 aliphatic carbocycles. The van der Waals surface area contributed by atoms with Gasteiger partial charge in [0, 0.05) is 55.9 Å². The summed E-state index contributed by atoms with van der Waals surface area (Å²) >= 11 is 0. The molecule has 0 spiro atoms. The zero-order valence-corrected chi connectivity index (χ0v) is 17.9. The molecule has 0 fully saturated rings. The average molecular weight is 413 g/mol. The molecule has 0 saturated heterocycles. The Hall–Kier alpha value is -3.38. The van der Waals surface area contributed by atoms with Crippen molar-refractivity contribution in [3.05, 3.63) is 84.6 Å². The molecule has 0 amide bonds. The fourth-order valence-electron chi connectivity index (χ4n) is 4.32. The van der Waals surface area contributed by atoms with Gasteiger partial charge in [0.1, 0.15) is 11.3 Å². The van der Waals surface area contributed by atoms with Gasteiger partial charge in [-0.15, -0.1) is 0 Å². The Balaban J connectivity index is 1.18. The van der Waals surface area contributed by atoms with Gasteiger partial charge in [-0.05, 0) is 35.6 Å². The summed E-state index contributed by atoms with van der Waals surface area (Å²) in [5.41, 5.74) is 7.78. The molecule has 31 heavy (non-hydrogen) atoms. The van der Waals surface area contributed by atoms with E-state index in [2.05, 4.69) is 70.4 Å². The molecule has 6 heteroatoms. The van der Waals surface area contributed by atoms with Crippen LogP contribution in [0.3, 0.4) is 0 Å². The summed E-state index contributed by atoms with van der Waals surface area (Å²) in [4.78, 5) is 7.28. The molecule has 1 aliphatic rings. The van der Waals surface area contributed by atoms with Crippen LogP contribution in [0.5, 0.6) is 0 Å². The lowest BCUT2D eigenvalue weighted by molar-refractivity contribution is 0.220. The van der Waals surface area contributed by atoms with Gasteiger partial charge < -0.3 is 9.72 Å². The summed E-state index contributed by atoms with van der Waals surface area (Å²) in [5.74, 6) is 0.520. The van der Waals surface area contributed by atoms with Crippen molar-refractivity contribution < 1.29 is 0 Å². The molecule has 1 aliphatic heterocycles. The molecule has 4 aromatic rings. The highest BCUT2D eigenvalue weighted by Crippen LogP contribution is 2.21. The Morgan fingerprint density at radius 3 is 2.87 bits per heavy atom. The zero-order valence-electron chi connectivity index (χ0n) is 17.9. The van der Waals surface area contributed by atoms with Crippen molar-refractivity contribution >= 4 is 11.3 Å². The first kappa shape index (κ1) is 19.6. The molecule has 0 radical (unpaired) electrons. The van der Waals surface area contributed by atoms with E-state index >= 15 is 0 Å². The molecule has 1 atom stereocenters. The first-order valence-electron chi connectivity index (χ1n) is 10.9. The minimum atomic E-state index is 0.520. The van der Waals surface area contributed by atoms with E-state index in [1.165, 1.54) is 11.1 Å². The predicted octanol–water partition coefficient (Wildman–Crippen LogP) is 3.98. The smallest absolute Gasteiger partial charge is 0.137 e. The number of rotatable bonds is 7. The Morgan fingerprint density at radius 2 is 2.03 bits per heavy atom. The van der Waals surface area contributed by atoms with E-state index in [4.69, 9.17) is 4.98 Å². The number of aromatic nitrogens is 4. The van der Waals surface area contributed by atoms with Crippen molar-refractivity contribution in [2.75, 3.05) is 19.6 Å². The molecule has 5 rings (SSSR count). The minimum Gasteiger partial charge on any atom is -0.383 e. The number of nitrogens with zero attached hydrogens (tertiary/aromatic N) is 4. The van der Waals surface area contributed by atoms with Gasteiger partial charge in [-0.25, -0.2) is 4.98 Å². The molecule has 4 heterocycles. The van der Waals surface area contributed by atoms with Crippen LogP contribution in [0.25, 0.3) is 22.5 Å². The van der Waals surface area contributed by atoms with E-state index in [-0.39, 0.29) is 0 Å². The number of nitrogens with one attached hydrogen (secondary N) is 2. The van der Waals surface area contributed by atoms with E-state index in [0.717, 1.165) is 60.8 Å². The maximum absolute atomic E-state index is 4.72. The third-order valence-electron chi connectivity index (χ3n) is 6.04. The largest absolute Gasteiger partial charge is 0.383 e. The number of hydrogen-bond acceptors (Lipinski definition) is 4. The topological polar surface area (TPSA) is 61.2 Å². The number of aromatic amines is 1. The third-order valence-corrected chi connectivity index (χ3v) is 6.04. The number of imidazole rings is 1. The fourth-order valence-corrected chi connectivity index (χ4v) is 4.32. The molecule has 2 N–H and O–H groups in total. The minimum absolute atomic E-state index is 0.520. The molecular weight excluding hydrogens is 384 g/mol. The third kappa shape index (κ3) is 4.25. The summed E-state index contributed by atoms with van der Waals surface area (Å²) in [7, 11) is 0. The molecular formula is C25H28N6. The lowest BCUT2D eigenvalue weighted by Crippen LogP contribution is -2.36. The molecule has 158 valence electrons. The fraction of sp³-hybridized carbons (Fsp3) is 0.280. The van der Waals surface area contributed by atoms with Crippen molar-refractivity contribution in [2.45, 2.75) is 19.9 Å². The molecule has 6 nitrogen and oxygen atoms in total. The van der Waals surface area contributed by atoms with Crippen molar-refractivity contribution in [3.63, 3.8) is 0 Å². The second-order valence-electron chi connectivity index (χ2n) is 8.51. The van der Waals surface area contributed by atoms with Crippen LogP contribution in [-0.4, -0.2) is 44.1 Å². The summed E-state index contributed by atoms with van der Waals surface area (Å²) in [6.07, 6.45) is 8.95. The van der Waals surface area contributed by atoms with Crippen LogP contribution in [0, 0.1) is 5.92 Å². The molecule has 0 saturated carbocycles. The number of fused-ring (bicyclic) bond motifs is 2. The second kappa shape index (κ2) is 8.40. The number of benzene rings is 1. The van der Waals surface area contributed by atoms with Gasteiger partial charge in [0.25, 0.3) is 0 Å². The van der Waals surface area contributed by atoms with Gasteiger partial charge in [0.15, 0.2) is 0 Å². The first-order chi connectivity index (χ1) is 15.2. The maximum atomic E-state index is 4.72. The van der Waals surface area contributed by atoms with Crippen LogP contribution in [0.15, 0.2) is 67.8 Å². The molecule has 0 bridgehead atoms. The SMILES string of the molecule is C=C(NCC(C)CN1CCc2ccccc2C1)c1cn2cc(-c3cn[nH]c3)ccc2n1. The average Bonchev–Trinajstić information content (AvgIpc) is 3.47. The highest BCUT2D eigenvalue weighted by atomic mass is 15.1. The second-order valence-corrected chi connectivity index (χ2v) is 8.51. The van der Waals surface area contributed by atoms with Crippen molar-refractivity contribution in [2.24, 2.45) is 5.92 Å². The van der Waals surface area contributed by atoms with E-state index in [1.54, 1.807) is 0 Å². The van der Waals surface area contributed by atoms with Gasteiger partial charge in [0.05, 0.1) is 11.9 Å². The highest BCUT2D eigenvalue weighted by Gasteiger charge is 2.18. The Morgan fingerprint density at radius 1 is 1.16 bits per heavy atom. The van der Waals surface area contributed by atoms with Gasteiger partial charge in [-0.2, -0.15) is 5.10 Å². The number of hydrogen-bond donors (Lipinski definition) is 2. The zero-order chi connectivity index (χ0) is 21.2. The van der Waals surface area contributed by atoms with E-state index in [0.29, 0.717) is 5.92 Å². The summed E-state index contributed by atoms with van der Waals surface area (Å²) in [6.45, 7) is 10.7. The summed E-state index contributed by atoms with van der Waals surface area (Å²) in [5, 5.41) is 10.4. The van der Waals surface area contributed by atoms with Crippen molar-refractivity contribution in [3.8, 4) is 11.1 Å². The van der Waals surface area contributed by atoms with Gasteiger partial charge >= 0.3 is 0 Å². The molecule has 1 unspecified atom stereocenters. The summed E-state index contributed by atoms with van der Waals surface area (Å²) in [6, 6.07) is 12.9. The van der Waals surface area contributed by atoms with Gasteiger partial charge in [-0.1, -0.05) is 37.8 Å². The van der Waals surface area contributed by atoms with Gasteiger partial charge in [0.2, 0.25) is 0 Å². The van der Waals surface area contributed by atoms with Crippen LogP contribution in [0.1, 0.15) is 23.7 Å². The standard InChI is InChI=1S/C25H28N6/c1-18(14-30-10-9-20-5-3-4-6-21(20)15-30)11-26-19(2)24-17-31-16-22(7-8-25(31)29-24)23-12-27-28-13-23/h3-8,12-13,16-18,26H,2,9-11,14-15H2,1H3,(H,27,28). The van der Waals surface area contributed by atoms with Gasteiger partial charge in [-0.3, -0.25) is 10.00 Å². The van der Waals surface area contributed by atoms with Crippen LogP contribution < -0.4 is 5.32 Å². The monoisotopic (exact) mass is 412 g/mol. The number of pyridine rings is 1. The maximum Gasteiger partial charge on any atom is 0.137 e. The van der Waals surface area contributed by atoms with E-state index in [9.17, 15) is 0 Å².